The van der Waals surface area contributed by atoms with Gasteiger partial charge in [-0.1, -0.05) is 42.5 Å². The van der Waals surface area contributed by atoms with E-state index >= 15 is 0 Å². The summed E-state index contributed by atoms with van der Waals surface area (Å²) >= 11 is 0. The predicted octanol–water partition coefficient (Wildman–Crippen LogP) is 2.48. The molecule has 7 nitrogen and oxygen atoms in total. The lowest BCUT2D eigenvalue weighted by molar-refractivity contribution is 0.0601. The second kappa shape index (κ2) is 8.22. The second-order valence-electron chi connectivity index (χ2n) is 7.71. The summed E-state index contributed by atoms with van der Waals surface area (Å²) in [5, 5.41) is 0.755. The zero-order valence-corrected chi connectivity index (χ0v) is 18.1. The van der Waals surface area contributed by atoms with Gasteiger partial charge in [0.15, 0.2) is 0 Å². The first-order valence-corrected chi connectivity index (χ1v) is 11.4. The molecule has 3 aromatic carbocycles. The summed E-state index contributed by atoms with van der Waals surface area (Å²) in [5.41, 5.74) is 1.51. The number of carbonyl (C=O) groups excluding carboxylic acids is 2. The number of rotatable bonds is 7. The first-order valence-electron chi connectivity index (χ1n) is 9.90. The van der Waals surface area contributed by atoms with Gasteiger partial charge in [-0.15, -0.1) is 0 Å². The van der Waals surface area contributed by atoms with Crippen LogP contribution in [0.3, 0.4) is 0 Å². The van der Waals surface area contributed by atoms with Crippen LogP contribution in [0.1, 0.15) is 26.3 Å². The van der Waals surface area contributed by atoms with Gasteiger partial charge < -0.3 is 4.90 Å². The van der Waals surface area contributed by atoms with Crippen LogP contribution in [0.2, 0.25) is 0 Å². The SMILES string of the molecule is CN(C)CCN1C(=O)c2cccc3c(S(=O)(=O)NCc4ccccc4)ccc(c23)C1=O. The molecule has 8 heteroatoms. The molecule has 0 saturated heterocycles. The summed E-state index contributed by atoms with van der Waals surface area (Å²) in [4.78, 5) is 29.2. The van der Waals surface area contributed by atoms with Crippen molar-refractivity contribution in [2.24, 2.45) is 0 Å². The molecule has 0 radical (unpaired) electrons. The minimum absolute atomic E-state index is 0.0476. The van der Waals surface area contributed by atoms with Crippen LogP contribution in [0.25, 0.3) is 10.8 Å². The summed E-state index contributed by atoms with van der Waals surface area (Å²) < 4.78 is 28.7. The first-order chi connectivity index (χ1) is 14.8. The molecule has 1 aliphatic heterocycles. The Morgan fingerprint density at radius 2 is 1.55 bits per heavy atom. The Morgan fingerprint density at radius 3 is 2.23 bits per heavy atom. The number of hydrogen-bond donors (Lipinski definition) is 1. The number of imide groups is 1. The van der Waals surface area contributed by atoms with Crippen LogP contribution in [0.15, 0.2) is 65.6 Å². The molecule has 2 amide bonds. The van der Waals surface area contributed by atoms with Gasteiger partial charge in [0.25, 0.3) is 11.8 Å². The number of hydrogen-bond acceptors (Lipinski definition) is 5. The van der Waals surface area contributed by atoms with Crippen molar-refractivity contribution in [2.75, 3.05) is 27.2 Å². The van der Waals surface area contributed by atoms with Gasteiger partial charge in [-0.2, -0.15) is 0 Å². The molecule has 0 unspecified atom stereocenters. The molecule has 0 saturated carbocycles. The number of nitrogens with zero attached hydrogens (tertiary/aromatic N) is 2. The van der Waals surface area contributed by atoms with Gasteiger partial charge in [0.1, 0.15) is 0 Å². The highest BCUT2D eigenvalue weighted by molar-refractivity contribution is 7.89. The summed E-state index contributed by atoms with van der Waals surface area (Å²) in [7, 11) is -0.129. The summed E-state index contributed by atoms with van der Waals surface area (Å²) in [6.07, 6.45) is 0. The molecule has 3 aromatic rings. The van der Waals surface area contributed by atoms with Gasteiger partial charge in [-0.25, -0.2) is 13.1 Å². The highest BCUT2D eigenvalue weighted by atomic mass is 32.2. The average Bonchev–Trinajstić information content (AvgIpc) is 2.76. The number of nitrogens with one attached hydrogen (secondary N) is 1. The van der Waals surface area contributed by atoms with Crippen LogP contribution in [0.4, 0.5) is 0 Å². The van der Waals surface area contributed by atoms with Gasteiger partial charge in [0.05, 0.1) is 4.90 Å². The lowest BCUT2D eigenvalue weighted by Crippen LogP contribution is -2.43. The highest BCUT2D eigenvalue weighted by Crippen LogP contribution is 2.33. The molecule has 1 N–H and O–H groups in total. The Hall–Kier alpha value is -3.07. The third-order valence-corrected chi connectivity index (χ3v) is 6.78. The zero-order chi connectivity index (χ0) is 22.2. The lowest BCUT2D eigenvalue weighted by atomic mass is 9.94. The van der Waals surface area contributed by atoms with Crippen molar-refractivity contribution in [2.45, 2.75) is 11.4 Å². The van der Waals surface area contributed by atoms with Crippen molar-refractivity contribution in [3.63, 3.8) is 0 Å². The third-order valence-electron chi connectivity index (χ3n) is 5.32. The summed E-state index contributed by atoms with van der Waals surface area (Å²) in [6, 6.07) is 17.1. The Kier molecular flexibility index (Phi) is 5.62. The Bertz CT molecular complexity index is 1250. The fourth-order valence-electron chi connectivity index (χ4n) is 3.71. The van der Waals surface area contributed by atoms with Crippen molar-refractivity contribution in [3.8, 4) is 0 Å². The van der Waals surface area contributed by atoms with Crippen LogP contribution < -0.4 is 4.72 Å². The van der Waals surface area contributed by atoms with Crippen molar-refractivity contribution >= 4 is 32.6 Å². The van der Waals surface area contributed by atoms with Gasteiger partial charge >= 0.3 is 0 Å². The Labute approximate surface area is 181 Å². The molecule has 4 rings (SSSR count). The van der Waals surface area contributed by atoms with E-state index in [0.29, 0.717) is 28.4 Å². The van der Waals surface area contributed by atoms with Gasteiger partial charge in [-0.05, 0) is 37.9 Å². The van der Waals surface area contributed by atoms with Crippen LogP contribution >= 0.6 is 0 Å². The van der Waals surface area contributed by atoms with Gasteiger partial charge in [0.2, 0.25) is 10.0 Å². The Morgan fingerprint density at radius 1 is 0.871 bits per heavy atom. The molecule has 0 aliphatic carbocycles. The quantitative estimate of drug-likeness (QED) is 0.574. The molecule has 0 atom stereocenters. The lowest BCUT2D eigenvalue weighted by Gasteiger charge is -2.28. The first kappa shape index (κ1) is 21.2. The minimum Gasteiger partial charge on any atom is -0.308 e. The summed E-state index contributed by atoms with van der Waals surface area (Å²) in [6.45, 7) is 0.945. The van der Waals surface area contributed by atoms with Crippen molar-refractivity contribution in [3.05, 3.63) is 77.4 Å². The van der Waals surface area contributed by atoms with E-state index in [1.807, 2.05) is 49.3 Å². The molecule has 1 aliphatic rings. The van der Waals surface area contributed by atoms with E-state index in [0.717, 1.165) is 5.56 Å². The van der Waals surface area contributed by atoms with Crippen LogP contribution in [0.5, 0.6) is 0 Å². The zero-order valence-electron chi connectivity index (χ0n) is 17.3. The number of sulfonamides is 1. The maximum atomic E-state index is 13.1. The second-order valence-corrected chi connectivity index (χ2v) is 9.45. The predicted molar refractivity (Wildman–Crippen MR) is 118 cm³/mol. The van der Waals surface area contributed by atoms with E-state index in [9.17, 15) is 18.0 Å². The van der Waals surface area contributed by atoms with Crippen LogP contribution in [0, 0.1) is 0 Å². The molecule has 1 heterocycles. The Balaban J connectivity index is 1.74. The molecule has 0 fully saturated rings. The van der Waals surface area contributed by atoms with E-state index in [1.165, 1.54) is 17.0 Å². The molecular formula is C23H23N3O4S. The summed E-state index contributed by atoms with van der Waals surface area (Å²) in [5.74, 6) is -0.812. The smallest absolute Gasteiger partial charge is 0.261 e. The molecule has 31 heavy (non-hydrogen) atoms. The number of amides is 2. The molecule has 0 spiro atoms. The van der Waals surface area contributed by atoms with E-state index in [4.69, 9.17) is 0 Å². The third kappa shape index (κ3) is 3.97. The van der Waals surface area contributed by atoms with E-state index < -0.39 is 21.8 Å². The van der Waals surface area contributed by atoms with E-state index in [1.54, 1.807) is 18.2 Å². The number of carbonyl (C=O) groups is 2. The van der Waals surface area contributed by atoms with Gasteiger partial charge in [0, 0.05) is 41.5 Å². The van der Waals surface area contributed by atoms with Crippen LogP contribution in [-0.4, -0.2) is 57.2 Å². The van der Waals surface area contributed by atoms with Crippen molar-refractivity contribution < 1.29 is 18.0 Å². The molecule has 0 bridgehead atoms. The number of likely N-dealkylation sites (N-methyl/N-ethyl adjacent to an activating group) is 1. The fourth-order valence-corrected chi connectivity index (χ4v) is 4.93. The topological polar surface area (TPSA) is 86.8 Å². The van der Waals surface area contributed by atoms with Crippen molar-refractivity contribution in [1.82, 2.24) is 14.5 Å². The molecule has 160 valence electrons. The molecule has 0 aromatic heterocycles. The van der Waals surface area contributed by atoms with Crippen LogP contribution in [-0.2, 0) is 16.6 Å². The maximum absolute atomic E-state index is 13.1. The minimum atomic E-state index is -3.87. The number of benzene rings is 3. The average molecular weight is 438 g/mol. The molecular weight excluding hydrogens is 414 g/mol. The fraction of sp³-hybridized carbons (Fsp3) is 0.217. The van der Waals surface area contributed by atoms with Gasteiger partial charge in [-0.3, -0.25) is 14.5 Å². The normalized spacial score (nSPS) is 14.0. The monoisotopic (exact) mass is 437 g/mol. The largest absolute Gasteiger partial charge is 0.308 e. The standard InChI is InChI=1S/C23H23N3O4S/c1-25(2)13-14-26-22(27)18-10-6-9-17-20(12-11-19(21(17)18)23(26)28)31(29,30)24-15-16-7-4-3-5-8-16/h3-12,24H,13-15H2,1-2H3. The highest BCUT2D eigenvalue weighted by Gasteiger charge is 2.34. The van der Waals surface area contributed by atoms with E-state index in [2.05, 4.69) is 4.72 Å². The van der Waals surface area contributed by atoms with E-state index in [-0.39, 0.29) is 18.0 Å². The van der Waals surface area contributed by atoms with Crippen molar-refractivity contribution in [1.29, 1.82) is 0 Å². The maximum Gasteiger partial charge on any atom is 0.261 e.